The summed E-state index contributed by atoms with van der Waals surface area (Å²) < 4.78 is 70.5. The van der Waals surface area contributed by atoms with Gasteiger partial charge in [0.25, 0.3) is 0 Å². The summed E-state index contributed by atoms with van der Waals surface area (Å²) in [4.78, 5) is 13.8. The van der Waals surface area contributed by atoms with Gasteiger partial charge in [0.05, 0.1) is 17.9 Å². The Balaban J connectivity index is 1.75. The second-order valence-electron chi connectivity index (χ2n) is 5.94. The van der Waals surface area contributed by atoms with E-state index in [-0.39, 0.29) is 17.9 Å². The third-order valence-electron chi connectivity index (χ3n) is 4.02. The van der Waals surface area contributed by atoms with E-state index >= 15 is 0 Å². The summed E-state index contributed by atoms with van der Waals surface area (Å²) in [7, 11) is 0. The number of carbonyl (C=O) groups excluding carboxylic acids is 1. The summed E-state index contributed by atoms with van der Waals surface area (Å²) in [6, 6.07) is 5.70. The smallest absolute Gasteiger partial charge is 0.419 e. The zero-order valence-electron chi connectivity index (χ0n) is 13.9. The Labute approximate surface area is 151 Å². The first-order valence-corrected chi connectivity index (χ1v) is 8.09. The van der Waals surface area contributed by atoms with Crippen molar-refractivity contribution in [3.8, 4) is 5.75 Å². The van der Waals surface area contributed by atoms with Crippen molar-refractivity contribution in [3.63, 3.8) is 0 Å². The molecule has 0 spiro atoms. The number of nitrogens with one attached hydrogen (secondary N) is 1. The number of hydrogen-bond acceptors (Lipinski definition) is 2. The lowest BCUT2D eigenvalue weighted by molar-refractivity contribution is -0.140. The van der Waals surface area contributed by atoms with Gasteiger partial charge in [0.15, 0.2) is 0 Å². The molecule has 0 radical (unpaired) electrons. The third-order valence-corrected chi connectivity index (χ3v) is 4.02. The molecule has 1 aliphatic heterocycles. The van der Waals surface area contributed by atoms with Gasteiger partial charge in [-0.25, -0.2) is 13.6 Å². The Morgan fingerprint density at radius 1 is 1.15 bits per heavy atom. The number of benzene rings is 2. The average Bonchev–Trinajstić information content (AvgIpc) is 2.81. The quantitative estimate of drug-likeness (QED) is 0.774. The van der Waals surface area contributed by atoms with E-state index in [1.54, 1.807) is 0 Å². The van der Waals surface area contributed by atoms with Crippen molar-refractivity contribution in [2.45, 2.75) is 19.1 Å². The highest BCUT2D eigenvalue weighted by atomic mass is 19.4. The van der Waals surface area contributed by atoms with Crippen LogP contribution in [0, 0.1) is 11.6 Å². The van der Waals surface area contributed by atoms with Gasteiger partial charge < -0.3 is 10.1 Å². The van der Waals surface area contributed by atoms with Gasteiger partial charge in [0, 0.05) is 19.2 Å². The van der Waals surface area contributed by atoms with Crippen LogP contribution in [0.4, 0.5) is 32.4 Å². The van der Waals surface area contributed by atoms with Crippen molar-refractivity contribution in [2.24, 2.45) is 0 Å². The zero-order chi connectivity index (χ0) is 19.6. The standard InChI is InChI=1S/C18H15F5N2O2/c19-12-3-5-15-16(9-12)27-7-1-6-25(15)17(26)24-10-11-2-4-14(20)13(8-11)18(21,22)23/h2-5,8-9H,1,6-7,10H2,(H,24,26). The molecular weight excluding hydrogens is 371 g/mol. The van der Waals surface area contributed by atoms with Crippen LogP contribution in [0.5, 0.6) is 5.75 Å². The average molecular weight is 386 g/mol. The maximum Gasteiger partial charge on any atom is 0.419 e. The molecule has 4 nitrogen and oxygen atoms in total. The lowest BCUT2D eigenvalue weighted by Crippen LogP contribution is -2.40. The fourth-order valence-corrected chi connectivity index (χ4v) is 2.74. The number of urea groups is 1. The Morgan fingerprint density at radius 3 is 2.67 bits per heavy atom. The molecule has 0 unspecified atom stereocenters. The van der Waals surface area contributed by atoms with Gasteiger partial charge in [-0.05, 0) is 36.2 Å². The minimum absolute atomic E-state index is 0.0995. The molecule has 0 aliphatic carbocycles. The summed E-state index contributed by atoms with van der Waals surface area (Å²) in [5, 5.41) is 2.50. The highest BCUT2D eigenvalue weighted by Crippen LogP contribution is 2.33. The minimum Gasteiger partial charge on any atom is -0.491 e. The molecular formula is C18H15F5N2O2. The molecule has 3 rings (SSSR count). The number of ether oxygens (including phenoxy) is 1. The largest absolute Gasteiger partial charge is 0.491 e. The molecule has 0 aromatic heterocycles. The summed E-state index contributed by atoms with van der Waals surface area (Å²) in [5.41, 5.74) is -0.929. The maximum absolute atomic E-state index is 13.4. The SMILES string of the molecule is O=C(NCc1ccc(F)c(C(F)(F)F)c1)N1CCCOc2cc(F)ccc21. The molecule has 2 aromatic rings. The van der Waals surface area contributed by atoms with E-state index in [2.05, 4.69) is 5.32 Å². The molecule has 2 aromatic carbocycles. The second-order valence-corrected chi connectivity index (χ2v) is 5.94. The second kappa shape index (κ2) is 7.42. The van der Waals surface area contributed by atoms with Crippen molar-refractivity contribution in [1.29, 1.82) is 0 Å². The van der Waals surface area contributed by atoms with Crippen LogP contribution in [0.25, 0.3) is 0 Å². The van der Waals surface area contributed by atoms with E-state index in [0.29, 0.717) is 37.4 Å². The van der Waals surface area contributed by atoms with Gasteiger partial charge in [-0.15, -0.1) is 0 Å². The molecule has 0 bridgehead atoms. The highest BCUT2D eigenvalue weighted by molar-refractivity contribution is 5.93. The highest BCUT2D eigenvalue weighted by Gasteiger charge is 2.34. The van der Waals surface area contributed by atoms with Crippen LogP contribution in [0.15, 0.2) is 36.4 Å². The number of alkyl halides is 3. The maximum atomic E-state index is 13.4. The number of rotatable bonds is 2. The molecule has 1 N–H and O–H groups in total. The first kappa shape index (κ1) is 18.9. The van der Waals surface area contributed by atoms with Crippen molar-refractivity contribution in [1.82, 2.24) is 5.32 Å². The van der Waals surface area contributed by atoms with Gasteiger partial charge in [-0.2, -0.15) is 13.2 Å². The number of amides is 2. The number of hydrogen-bond donors (Lipinski definition) is 1. The molecule has 1 aliphatic rings. The fraction of sp³-hybridized carbons (Fsp3) is 0.278. The normalized spacial score (nSPS) is 14.2. The van der Waals surface area contributed by atoms with E-state index in [4.69, 9.17) is 4.74 Å². The van der Waals surface area contributed by atoms with Gasteiger partial charge >= 0.3 is 12.2 Å². The van der Waals surface area contributed by atoms with Gasteiger partial charge in [-0.1, -0.05) is 6.07 Å². The number of halogens is 5. The van der Waals surface area contributed by atoms with Gasteiger partial charge in [0.2, 0.25) is 0 Å². The molecule has 2 amide bonds. The number of anilines is 1. The van der Waals surface area contributed by atoms with Crippen molar-refractivity contribution in [3.05, 3.63) is 59.2 Å². The van der Waals surface area contributed by atoms with Crippen LogP contribution in [-0.2, 0) is 12.7 Å². The molecule has 1 heterocycles. The van der Waals surface area contributed by atoms with Gasteiger partial charge in [0.1, 0.15) is 17.4 Å². The monoisotopic (exact) mass is 386 g/mol. The Hall–Kier alpha value is -2.84. The topological polar surface area (TPSA) is 41.6 Å². The lowest BCUT2D eigenvalue weighted by atomic mass is 10.1. The van der Waals surface area contributed by atoms with Crippen LogP contribution in [-0.4, -0.2) is 19.2 Å². The van der Waals surface area contributed by atoms with Crippen LogP contribution in [0.2, 0.25) is 0 Å². The lowest BCUT2D eigenvalue weighted by Gasteiger charge is -2.22. The molecule has 0 fully saturated rings. The zero-order valence-corrected chi connectivity index (χ0v) is 13.9. The van der Waals surface area contributed by atoms with Crippen LogP contribution in [0.1, 0.15) is 17.5 Å². The van der Waals surface area contributed by atoms with Crippen molar-refractivity contribution < 1.29 is 31.5 Å². The molecule has 0 saturated heterocycles. The first-order chi connectivity index (χ1) is 12.8. The van der Waals surface area contributed by atoms with Crippen molar-refractivity contribution in [2.75, 3.05) is 18.1 Å². The van der Waals surface area contributed by atoms with E-state index in [9.17, 15) is 26.7 Å². The molecule has 9 heteroatoms. The van der Waals surface area contributed by atoms with E-state index in [0.717, 1.165) is 6.07 Å². The van der Waals surface area contributed by atoms with Gasteiger partial charge in [-0.3, -0.25) is 4.90 Å². The number of fused-ring (bicyclic) bond motifs is 1. The molecule has 144 valence electrons. The van der Waals surface area contributed by atoms with Crippen LogP contribution in [0.3, 0.4) is 0 Å². The molecule has 27 heavy (non-hydrogen) atoms. The molecule has 0 atom stereocenters. The number of carbonyl (C=O) groups is 1. The Bertz CT molecular complexity index is 854. The van der Waals surface area contributed by atoms with Crippen LogP contribution < -0.4 is 15.0 Å². The predicted octanol–water partition coefficient (Wildman–Crippen LogP) is 4.48. The van der Waals surface area contributed by atoms with E-state index in [1.165, 1.54) is 23.1 Å². The summed E-state index contributed by atoms with van der Waals surface area (Å²) in [6.07, 6.45) is -4.33. The van der Waals surface area contributed by atoms with Crippen LogP contribution >= 0.6 is 0 Å². The summed E-state index contributed by atoms with van der Waals surface area (Å²) in [5.74, 6) is -1.68. The first-order valence-electron chi connectivity index (χ1n) is 8.09. The minimum atomic E-state index is -4.82. The Morgan fingerprint density at radius 2 is 1.93 bits per heavy atom. The fourth-order valence-electron chi connectivity index (χ4n) is 2.74. The third kappa shape index (κ3) is 4.29. The van der Waals surface area contributed by atoms with Crippen molar-refractivity contribution >= 4 is 11.7 Å². The molecule has 0 saturated carbocycles. The summed E-state index contributed by atoms with van der Waals surface area (Å²) in [6.45, 7) is 0.366. The predicted molar refractivity (Wildman–Crippen MR) is 87.5 cm³/mol. The summed E-state index contributed by atoms with van der Waals surface area (Å²) >= 11 is 0. The Kier molecular flexibility index (Phi) is 5.20. The van der Waals surface area contributed by atoms with E-state index in [1.807, 2.05) is 0 Å². The van der Waals surface area contributed by atoms with E-state index < -0.39 is 29.4 Å². The number of nitrogens with zero attached hydrogens (tertiary/aromatic N) is 1.